The van der Waals surface area contributed by atoms with Crippen LogP contribution < -0.4 is 5.32 Å². The molecule has 2 aromatic carbocycles. The number of thiocarbonyl (C=S) groups is 1. The third-order valence-electron chi connectivity index (χ3n) is 6.16. The molecule has 0 unspecified atom stereocenters. The summed E-state index contributed by atoms with van der Waals surface area (Å²) in [5, 5.41) is 6.12. The predicted molar refractivity (Wildman–Crippen MR) is 134 cm³/mol. The predicted octanol–water partition coefficient (Wildman–Crippen LogP) is 5.45. The van der Waals surface area contributed by atoms with Crippen molar-refractivity contribution in [2.45, 2.75) is 25.7 Å². The third kappa shape index (κ3) is 3.29. The van der Waals surface area contributed by atoms with Crippen LogP contribution in [0, 0.1) is 0 Å². The number of nitrogens with zero attached hydrogens (tertiary/aromatic N) is 5. The lowest BCUT2D eigenvalue weighted by Gasteiger charge is -2.24. The molecule has 6 rings (SSSR count). The first-order chi connectivity index (χ1) is 15.8. The van der Waals surface area contributed by atoms with E-state index in [-0.39, 0.29) is 0 Å². The van der Waals surface area contributed by atoms with E-state index in [2.05, 4.69) is 20.2 Å². The Balaban J connectivity index is 1.47. The van der Waals surface area contributed by atoms with Gasteiger partial charge in [0.15, 0.2) is 5.11 Å². The van der Waals surface area contributed by atoms with Gasteiger partial charge in [0.05, 0.1) is 33.1 Å². The normalized spacial score (nSPS) is 14.8. The zero-order valence-electron chi connectivity index (χ0n) is 17.6. The maximum absolute atomic E-state index is 5.70. The molecule has 0 spiro atoms. The number of fused-ring (bicyclic) bond motifs is 7. The summed E-state index contributed by atoms with van der Waals surface area (Å²) in [4.78, 5) is 21.4. The van der Waals surface area contributed by atoms with Crippen molar-refractivity contribution in [2.75, 3.05) is 18.4 Å². The van der Waals surface area contributed by atoms with Crippen molar-refractivity contribution in [2.24, 2.45) is 0 Å². The Bertz CT molecular complexity index is 1490. The third-order valence-corrected chi connectivity index (χ3v) is 6.52. The summed E-state index contributed by atoms with van der Waals surface area (Å²) in [6, 6.07) is 14.0. The summed E-state index contributed by atoms with van der Waals surface area (Å²) in [5.74, 6) is 0. The molecule has 3 aromatic heterocycles. The summed E-state index contributed by atoms with van der Waals surface area (Å²) in [5.41, 5.74) is 6.00. The number of nitrogens with one attached hydrogen (secondary N) is 1. The van der Waals surface area contributed by atoms with Gasteiger partial charge < -0.3 is 10.2 Å². The van der Waals surface area contributed by atoms with Gasteiger partial charge in [-0.3, -0.25) is 9.97 Å². The molecular formula is C25H22N6S. The summed E-state index contributed by atoms with van der Waals surface area (Å²) in [6.45, 7) is 2.04. The van der Waals surface area contributed by atoms with E-state index in [0.29, 0.717) is 0 Å². The fraction of sp³-hybridized carbons (Fsp3) is 0.240. The SMILES string of the molecule is S=C(Nc1ccc2nc3c4cccnc4c4ncccc4c3nc2c1)N1CCCCCC1. The van der Waals surface area contributed by atoms with Crippen molar-refractivity contribution in [1.29, 1.82) is 0 Å². The summed E-state index contributed by atoms with van der Waals surface area (Å²) in [6.07, 6.45) is 8.54. The lowest BCUT2D eigenvalue weighted by Crippen LogP contribution is -2.35. The summed E-state index contributed by atoms with van der Waals surface area (Å²) < 4.78 is 0. The Labute approximate surface area is 190 Å². The second-order valence-corrected chi connectivity index (χ2v) is 8.64. The Hall–Kier alpha value is -3.45. The highest BCUT2D eigenvalue weighted by Crippen LogP contribution is 2.32. The van der Waals surface area contributed by atoms with Gasteiger partial charge in [0.2, 0.25) is 0 Å². The fourth-order valence-corrected chi connectivity index (χ4v) is 4.85. The molecule has 0 bridgehead atoms. The lowest BCUT2D eigenvalue weighted by atomic mass is 10.1. The molecule has 1 fully saturated rings. The first-order valence-corrected chi connectivity index (χ1v) is 11.5. The van der Waals surface area contributed by atoms with Crippen LogP contribution in [-0.4, -0.2) is 43.0 Å². The molecule has 0 amide bonds. The van der Waals surface area contributed by atoms with E-state index < -0.39 is 0 Å². The maximum Gasteiger partial charge on any atom is 0.173 e. The highest BCUT2D eigenvalue weighted by Gasteiger charge is 2.15. The molecule has 7 heteroatoms. The van der Waals surface area contributed by atoms with Gasteiger partial charge in [0.1, 0.15) is 0 Å². The van der Waals surface area contributed by atoms with Crippen molar-refractivity contribution >= 4 is 66.9 Å². The number of pyridine rings is 2. The van der Waals surface area contributed by atoms with E-state index in [9.17, 15) is 0 Å². The summed E-state index contributed by atoms with van der Waals surface area (Å²) in [7, 11) is 0. The molecule has 1 aliphatic heterocycles. The first-order valence-electron chi connectivity index (χ1n) is 11.1. The molecule has 32 heavy (non-hydrogen) atoms. The van der Waals surface area contributed by atoms with Crippen LogP contribution >= 0.6 is 12.2 Å². The van der Waals surface area contributed by atoms with Crippen LogP contribution in [-0.2, 0) is 0 Å². The Morgan fingerprint density at radius 1 is 0.750 bits per heavy atom. The van der Waals surface area contributed by atoms with Gasteiger partial charge in [0, 0.05) is 41.9 Å². The zero-order chi connectivity index (χ0) is 21.5. The molecule has 4 heterocycles. The van der Waals surface area contributed by atoms with E-state index in [0.717, 1.165) is 67.8 Å². The number of rotatable bonds is 1. The van der Waals surface area contributed by atoms with E-state index in [4.69, 9.17) is 22.2 Å². The van der Waals surface area contributed by atoms with Crippen molar-refractivity contribution in [3.05, 3.63) is 54.9 Å². The number of hydrogen-bond acceptors (Lipinski definition) is 5. The van der Waals surface area contributed by atoms with Crippen LogP contribution in [0.15, 0.2) is 54.9 Å². The number of aromatic nitrogens is 4. The van der Waals surface area contributed by atoms with Crippen LogP contribution in [0.4, 0.5) is 5.69 Å². The minimum atomic E-state index is 0.784. The van der Waals surface area contributed by atoms with Crippen LogP contribution in [0.1, 0.15) is 25.7 Å². The molecule has 1 N–H and O–H groups in total. The molecule has 1 aliphatic rings. The van der Waals surface area contributed by atoms with Crippen molar-refractivity contribution in [3.8, 4) is 0 Å². The molecule has 0 atom stereocenters. The Morgan fingerprint density at radius 3 is 2.03 bits per heavy atom. The zero-order valence-corrected chi connectivity index (χ0v) is 18.4. The van der Waals surface area contributed by atoms with Gasteiger partial charge in [-0.05, 0) is 67.5 Å². The van der Waals surface area contributed by atoms with E-state index in [1.165, 1.54) is 25.7 Å². The van der Waals surface area contributed by atoms with Gasteiger partial charge >= 0.3 is 0 Å². The van der Waals surface area contributed by atoms with Crippen LogP contribution in [0.25, 0.3) is 43.9 Å². The largest absolute Gasteiger partial charge is 0.349 e. The smallest absolute Gasteiger partial charge is 0.173 e. The lowest BCUT2D eigenvalue weighted by molar-refractivity contribution is 0.441. The van der Waals surface area contributed by atoms with E-state index in [1.807, 2.05) is 42.5 Å². The van der Waals surface area contributed by atoms with Crippen molar-refractivity contribution in [1.82, 2.24) is 24.8 Å². The number of benzene rings is 2. The first kappa shape index (κ1) is 19.3. The number of hydrogen-bond donors (Lipinski definition) is 1. The molecule has 0 radical (unpaired) electrons. The van der Waals surface area contributed by atoms with Gasteiger partial charge in [-0.15, -0.1) is 0 Å². The monoisotopic (exact) mass is 438 g/mol. The van der Waals surface area contributed by atoms with Gasteiger partial charge in [-0.25, -0.2) is 9.97 Å². The molecule has 0 aliphatic carbocycles. The molecule has 6 nitrogen and oxygen atoms in total. The average molecular weight is 439 g/mol. The van der Waals surface area contributed by atoms with Gasteiger partial charge in [-0.2, -0.15) is 0 Å². The average Bonchev–Trinajstić information content (AvgIpc) is 3.13. The van der Waals surface area contributed by atoms with Gasteiger partial charge in [-0.1, -0.05) is 12.8 Å². The molecule has 0 saturated carbocycles. The van der Waals surface area contributed by atoms with E-state index in [1.54, 1.807) is 12.4 Å². The standard InChI is InChI=1S/C25H22N6S/c32-25(31-13-3-1-2-4-14-31)28-16-9-10-19-20(15-16)30-24-18-8-6-12-27-22(18)21-17(23(24)29-19)7-5-11-26-21/h5-12,15H,1-4,13-14H2,(H,28,32). The van der Waals surface area contributed by atoms with Crippen LogP contribution in [0.2, 0.25) is 0 Å². The second-order valence-electron chi connectivity index (χ2n) is 8.25. The highest BCUT2D eigenvalue weighted by atomic mass is 32.1. The second kappa shape index (κ2) is 7.91. The topological polar surface area (TPSA) is 66.8 Å². The highest BCUT2D eigenvalue weighted by molar-refractivity contribution is 7.80. The summed E-state index contributed by atoms with van der Waals surface area (Å²) >= 11 is 5.70. The molecular weight excluding hydrogens is 416 g/mol. The van der Waals surface area contributed by atoms with Crippen molar-refractivity contribution < 1.29 is 0 Å². The molecule has 158 valence electrons. The Morgan fingerprint density at radius 2 is 1.38 bits per heavy atom. The van der Waals surface area contributed by atoms with Crippen LogP contribution in [0.5, 0.6) is 0 Å². The minimum absolute atomic E-state index is 0.784. The van der Waals surface area contributed by atoms with Gasteiger partial charge in [0.25, 0.3) is 0 Å². The quantitative estimate of drug-likeness (QED) is 0.212. The number of likely N-dealkylation sites (tertiary alicyclic amines) is 1. The fourth-order valence-electron chi connectivity index (χ4n) is 4.55. The van der Waals surface area contributed by atoms with Crippen LogP contribution in [0.3, 0.4) is 0 Å². The molecule has 5 aromatic rings. The minimum Gasteiger partial charge on any atom is -0.349 e. The Kier molecular flexibility index (Phi) is 4.76. The van der Waals surface area contributed by atoms with E-state index >= 15 is 0 Å². The maximum atomic E-state index is 5.70. The van der Waals surface area contributed by atoms with Crippen molar-refractivity contribution in [3.63, 3.8) is 0 Å². The number of anilines is 1. The molecule has 1 saturated heterocycles.